The fraction of sp³-hybridized carbons (Fsp3) is 0.812. The lowest BCUT2D eigenvalue weighted by Crippen LogP contribution is -2.43. The van der Waals surface area contributed by atoms with Gasteiger partial charge < -0.3 is 28.3 Å². The first-order valence-electron chi connectivity index (χ1n) is 8.83. The molecule has 0 radical (unpaired) electrons. The maximum atomic E-state index is 9.44. The summed E-state index contributed by atoms with van der Waals surface area (Å²) in [6.45, 7) is 18.2. The van der Waals surface area contributed by atoms with Gasteiger partial charge in [-0.05, 0) is 58.7 Å². The van der Waals surface area contributed by atoms with Crippen molar-refractivity contribution in [3.63, 3.8) is 0 Å². The highest BCUT2D eigenvalue weighted by atomic mass is 28.4. The Morgan fingerprint density at radius 1 is 1.15 bits per heavy atom. The van der Waals surface area contributed by atoms with Crippen LogP contribution in [0.15, 0.2) is 12.7 Å². The molecule has 0 heterocycles. The first kappa shape index (κ1) is 27.9. The zero-order chi connectivity index (χ0) is 21.0. The van der Waals surface area contributed by atoms with Gasteiger partial charge in [-0.15, -0.1) is 0 Å². The molecule has 0 aromatic carbocycles. The fourth-order valence-corrected chi connectivity index (χ4v) is 10.1. The Labute approximate surface area is 162 Å². The van der Waals surface area contributed by atoms with Crippen LogP contribution in [-0.4, -0.2) is 72.6 Å². The smallest absolute Gasteiger partial charge is 0.327 e. The molecule has 0 aliphatic heterocycles. The van der Waals surface area contributed by atoms with Crippen molar-refractivity contribution in [2.75, 3.05) is 13.2 Å². The zero-order valence-electron chi connectivity index (χ0n) is 17.3. The minimum atomic E-state index is -1.65. The summed E-state index contributed by atoms with van der Waals surface area (Å²) in [4.78, 5) is 9.25. The van der Waals surface area contributed by atoms with Gasteiger partial charge in [-0.1, -0.05) is 6.58 Å². The largest absolute Gasteiger partial charge is 0.478 e. The third kappa shape index (κ3) is 20.0. The van der Waals surface area contributed by atoms with Crippen LogP contribution in [0.5, 0.6) is 0 Å². The van der Waals surface area contributed by atoms with Crippen molar-refractivity contribution >= 4 is 31.9 Å². The van der Waals surface area contributed by atoms with Gasteiger partial charge in [-0.2, -0.15) is 0 Å². The summed E-state index contributed by atoms with van der Waals surface area (Å²) in [5.41, 5.74) is 0. The van der Waals surface area contributed by atoms with Crippen LogP contribution >= 0.6 is 0 Å². The summed E-state index contributed by atoms with van der Waals surface area (Å²) in [6.07, 6.45) is 0.550. The lowest BCUT2D eigenvalue weighted by molar-refractivity contribution is -0.131. The monoisotopic (exact) mass is 426 g/mol. The average Bonchev–Trinajstić information content (AvgIpc) is 2.47. The number of carboxylic acid groups (broad SMARTS) is 1. The third-order valence-corrected chi connectivity index (χ3v) is 11.5. The number of carbonyl (C=O) groups is 1. The van der Waals surface area contributed by atoms with E-state index in [-0.39, 0.29) is 12.7 Å². The summed E-state index contributed by atoms with van der Waals surface area (Å²) < 4.78 is 18.0. The summed E-state index contributed by atoms with van der Waals surface area (Å²) in [5.74, 6) is -0.981. The Morgan fingerprint density at radius 2 is 1.58 bits per heavy atom. The fourth-order valence-electron chi connectivity index (χ4n) is 1.71. The molecule has 2 atom stereocenters. The molecule has 0 saturated heterocycles. The van der Waals surface area contributed by atoms with Crippen LogP contribution in [0, 0.1) is 0 Å². The van der Waals surface area contributed by atoms with E-state index in [0.29, 0.717) is 6.61 Å². The molecule has 3 N–H and O–H groups in total. The number of rotatable bonds is 12. The van der Waals surface area contributed by atoms with Crippen LogP contribution in [0.2, 0.25) is 45.3 Å². The van der Waals surface area contributed by atoms with Crippen molar-refractivity contribution in [2.24, 2.45) is 0 Å². The first-order valence-corrected chi connectivity index (χ1v) is 17.4. The predicted molar refractivity (Wildman–Crippen MR) is 112 cm³/mol. The van der Waals surface area contributed by atoms with Crippen molar-refractivity contribution in [3.05, 3.63) is 12.7 Å². The minimum Gasteiger partial charge on any atom is -0.478 e. The molecule has 0 aromatic heterocycles. The van der Waals surface area contributed by atoms with E-state index in [9.17, 15) is 9.90 Å². The molecule has 0 aliphatic carbocycles. The first-order chi connectivity index (χ1) is 11.7. The van der Waals surface area contributed by atoms with Gasteiger partial charge in [0.2, 0.25) is 0 Å². The SMILES string of the molecule is C=CC(=O)O.CC(OCCC[SiH](O[Si](C)(C)C)O[Si](C)(C)C)C(O)CO. The highest BCUT2D eigenvalue weighted by Crippen LogP contribution is 2.16. The predicted octanol–water partition coefficient (Wildman–Crippen LogP) is 2.32. The Bertz CT molecular complexity index is 378. The topological polar surface area (TPSA) is 105 Å². The van der Waals surface area contributed by atoms with E-state index in [0.717, 1.165) is 18.5 Å². The molecular formula is C16H38O7Si3. The van der Waals surface area contributed by atoms with Gasteiger partial charge in [0.15, 0.2) is 16.6 Å². The second-order valence-corrected chi connectivity index (χ2v) is 19.7. The van der Waals surface area contributed by atoms with Crippen molar-refractivity contribution in [3.8, 4) is 0 Å². The molecule has 2 unspecified atom stereocenters. The Balaban J connectivity index is 0. The van der Waals surface area contributed by atoms with Crippen LogP contribution in [0.1, 0.15) is 13.3 Å². The van der Waals surface area contributed by atoms with Gasteiger partial charge in [0.1, 0.15) is 6.10 Å². The molecule has 156 valence electrons. The molecule has 26 heavy (non-hydrogen) atoms. The third-order valence-electron chi connectivity index (χ3n) is 2.84. The number of ether oxygens (including phenoxy) is 1. The van der Waals surface area contributed by atoms with E-state index < -0.39 is 38.0 Å². The van der Waals surface area contributed by atoms with Crippen LogP contribution in [-0.2, 0) is 17.8 Å². The van der Waals surface area contributed by atoms with Crippen molar-refractivity contribution in [1.29, 1.82) is 0 Å². The van der Waals surface area contributed by atoms with E-state index in [4.69, 9.17) is 23.2 Å². The maximum Gasteiger partial charge on any atom is 0.327 e. The Morgan fingerprint density at radius 3 is 1.88 bits per heavy atom. The van der Waals surface area contributed by atoms with E-state index in [2.05, 4.69) is 45.9 Å². The molecule has 0 aromatic rings. The number of aliphatic carboxylic acids is 1. The van der Waals surface area contributed by atoms with E-state index in [1.165, 1.54) is 0 Å². The molecule has 10 heteroatoms. The Kier molecular flexibility index (Phi) is 14.8. The van der Waals surface area contributed by atoms with Gasteiger partial charge in [0, 0.05) is 12.7 Å². The van der Waals surface area contributed by atoms with Crippen LogP contribution < -0.4 is 0 Å². The zero-order valence-corrected chi connectivity index (χ0v) is 20.5. The van der Waals surface area contributed by atoms with Gasteiger partial charge >= 0.3 is 15.3 Å². The van der Waals surface area contributed by atoms with Gasteiger partial charge in [-0.3, -0.25) is 0 Å². The van der Waals surface area contributed by atoms with E-state index in [1.807, 2.05) is 0 Å². The van der Waals surface area contributed by atoms with Crippen molar-refractivity contribution in [1.82, 2.24) is 0 Å². The number of hydrogen-bond acceptors (Lipinski definition) is 6. The summed E-state index contributed by atoms with van der Waals surface area (Å²) in [5, 5.41) is 25.9. The lowest BCUT2D eigenvalue weighted by atomic mass is 10.2. The second-order valence-electron chi connectivity index (χ2n) is 7.90. The van der Waals surface area contributed by atoms with E-state index >= 15 is 0 Å². The molecule has 0 spiro atoms. The highest BCUT2D eigenvalue weighted by molar-refractivity contribution is 6.81. The number of carboxylic acids is 1. The van der Waals surface area contributed by atoms with Gasteiger partial charge in [0.25, 0.3) is 0 Å². The molecule has 0 bridgehead atoms. The second kappa shape index (κ2) is 13.8. The van der Waals surface area contributed by atoms with Crippen molar-refractivity contribution in [2.45, 2.75) is 70.9 Å². The average molecular weight is 427 g/mol. The number of hydrogen-bond donors (Lipinski definition) is 3. The minimum absolute atomic E-state index is 0.268. The van der Waals surface area contributed by atoms with Crippen LogP contribution in [0.3, 0.4) is 0 Å². The van der Waals surface area contributed by atoms with E-state index in [1.54, 1.807) is 6.92 Å². The van der Waals surface area contributed by atoms with Crippen molar-refractivity contribution < 1.29 is 33.1 Å². The molecule has 7 nitrogen and oxygen atoms in total. The quantitative estimate of drug-likeness (QED) is 0.250. The van der Waals surface area contributed by atoms with Crippen LogP contribution in [0.4, 0.5) is 0 Å². The lowest BCUT2D eigenvalue weighted by Gasteiger charge is -2.30. The number of aliphatic hydroxyl groups excluding tert-OH is 2. The normalized spacial score (nSPS) is 14.4. The van der Waals surface area contributed by atoms with Gasteiger partial charge in [-0.25, -0.2) is 4.79 Å². The molecule has 0 fully saturated rings. The molecule has 0 amide bonds. The standard InChI is InChI=1S/C13H34O5Si3.C3H4O2/c1-12(13(15)11-14)16-9-8-10-19(17-20(2,3)4)18-21(5,6)7;1-2-3(4)5/h12-15,19H,8-11H2,1-7H3;2H,1H2,(H,4,5). The highest BCUT2D eigenvalue weighted by Gasteiger charge is 2.28. The summed E-state index contributed by atoms with van der Waals surface area (Å²) >= 11 is 0. The van der Waals surface area contributed by atoms with Gasteiger partial charge in [0.05, 0.1) is 12.7 Å². The summed E-state index contributed by atoms with van der Waals surface area (Å²) in [7, 11) is -4.81. The molecule has 0 saturated carbocycles. The molecule has 0 rings (SSSR count). The van der Waals surface area contributed by atoms with Crippen LogP contribution in [0.25, 0.3) is 0 Å². The molecular weight excluding hydrogens is 388 g/mol. The number of aliphatic hydroxyl groups is 2. The Hall–Kier alpha value is -0.339. The summed E-state index contributed by atoms with van der Waals surface area (Å²) in [6, 6.07) is 0.927. The molecule has 0 aliphatic rings. The maximum absolute atomic E-state index is 9.44.